The third-order valence-corrected chi connectivity index (χ3v) is 7.90. The van der Waals surface area contributed by atoms with Crippen molar-refractivity contribution in [1.29, 1.82) is 0 Å². The summed E-state index contributed by atoms with van der Waals surface area (Å²) < 4.78 is 28.2. The summed E-state index contributed by atoms with van der Waals surface area (Å²) in [4.78, 5) is 15.0. The minimum atomic E-state index is -3.59. The molecule has 2 aliphatic heterocycles. The fourth-order valence-electron chi connectivity index (χ4n) is 4.84. The Labute approximate surface area is 173 Å². The van der Waals surface area contributed by atoms with Crippen molar-refractivity contribution < 1.29 is 13.2 Å². The van der Waals surface area contributed by atoms with Gasteiger partial charge in [-0.2, -0.15) is 0 Å². The van der Waals surface area contributed by atoms with Gasteiger partial charge in [0, 0.05) is 36.8 Å². The number of halogens is 1. The molecule has 0 aromatic heterocycles. The molecule has 1 amide bonds. The molecule has 28 heavy (non-hydrogen) atoms. The summed E-state index contributed by atoms with van der Waals surface area (Å²) >= 11 is 0. The van der Waals surface area contributed by atoms with Gasteiger partial charge >= 0.3 is 0 Å². The molecule has 1 aromatic rings. The first kappa shape index (κ1) is 21.6. The lowest BCUT2D eigenvalue weighted by molar-refractivity contribution is 0.0681. The molecule has 1 saturated carbocycles. The first-order valence-electron chi connectivity index (χ1n) is 10.1. The van der Waals surface area contributed by atoms with Gasteiger partial charge in [0.2, 0.25) is 10.0 Å². The normalized spacial score (nSPS) is 27.4. The monoisotopic (exact) mass is 427 g/mol. The number of carbonyl (C=O) groups is 1. The number of carbonyl (C=O) groups excluding carboxylic acids is 1. The summed E-state index contributed by atoms with van der Waals surface area (Å²) in [6.07, 6.45) is 8.22. The Kier molecular flexibility index (Phi) is 6.69. The molecule has 2 bridgehead atoms. The SMILES string of the molecule is CN(C(=O)c1cccc(S(=O)(=O)NC2CCCC2)c1)C1CC2CCC(C1)N2.Cl. The number of nitrogens with one attached hydrogen (secondary N) is 2. The molecule has 2 heterocycles. The summed E-state index contributed by atoms with van der Waals surface area (Å²) in [6.45, 7) is 0. The van der Waals surface area contributed by atoms with Crippen LogP contribution in [0.2, 0.25) is 0 Å². The van der Waals surface area contributed by atoms with Gasteiger partial charge in [-0.25, -0.2) is 13.1 Å². The summed E-state index contributed by atoms with van der Waals surface area (Å²) in [5.74, 6) is -0.0979. The summed E-state index contributed by atoms with van der Waals surface area (Å²) in [6, 6.07) is 7.71. The number of fused-ring (bicyclic) bond motifs is 2. The van der Waals surface area contributed by atoms with Crippen molar-refractivity contribution in [3.8, 4) is 0 Å². The van der Waals surface area contributed by atoms with Crippen LogP contribution < -0.4 is 10.0 Å². The van der Waals surface area contributed by atoms with Gasteiger partial charge in [-0.15, -0.1) is 12.4 Å². The van der Waals surface area contributed by atoms with Gasteiger partial charge in [-0.05, 0) is 56.7 Å². The molecule has 4 rings (SSSR count). The molecule has 2 N–H and O–H groups in total. The quantitative estimate of drug-likeness (QED) is 0.757. The highest BCUT2D eigenvalue weighted by molar-refractivity contribution is 7.89. The van der Waals surface area contributed by atoms with Crippen LogP contribution in [0.4, 0.5) is 0 Å². The summed E-state index contributed by atoms with van der Waals surface area (Å²) in [5, 5.41) is 3.59. The number of sulfonamides is 1. The molecule has 2 atom stereocenters. The van der Waals surface area contributed by atoms with Crippen molar-refractivity contribution >= 4 is 28.3 Å². The highest BCUT2D eigenvalue weighted by Gasteiger charge is 2.36. The maximum absolute atomic E-state index is 13.0. The van der Waals surface area contributed by atoms with Crippen LogP contribution in [0.3, 0.4) is 0 Å². The molecule has 1 aromatic carbocycles. The van der Waals surface area contributed by atoms with Crippen molar-refractivity contribution in [3.05, 3.63) is 29.8 Å². The fourth-order valence-corrected chi connectivity index (χ4v) is 6.19. The molecule has 3 aliphatic rings. The largest absolute Gasteiger partial charge is 0.339 e. The topological polar surface area (TPSA) is 78.5 Å². The van der Waals surface area contributed by atoms with E-state index in [2.05, 4.69) is 10.0 Å². The van der Waals surface area contributed by atoms with E-state index in [0.29, 0.717) is 17.6 Å². The first-order valence-corrected chi connectivity index (χ1v) is 11.6. The highest BCUT2D eigenvalue weighted by atomic mass is 35.5. The van der Waals surface area contributed by atoms with Crippen LogP contribution in [0.5, 0.6) is 0 Å². The summed E-state index contributed by atoms with van der Waals surface area (Å²) in [7, 11) is -1.75. The van der Waals surface area contributed by atoms with Crippen molar-refractivity contribution in [1.82, 2.24) is 14.9 Å². The standard InChI is InChI=1S/C20H29N3O3S.ClH/c1-23(18-12-16-9-10-17(13-18)21-16)20(24)14-5-4-8-19(11-14)27(25,26)22-15-6-2-3-7-15;/h4-5,8,11,15-18,21-22H,2-3,6-7,9-10,12-13H2,1H3;1H. The molecule has 2 saturated heterocycles. The Morgan fingerprint density at radius 3 is 2.39 bits per heavy atom. The number of hydrogen-bond acceptors (Lipinski definition) is 4. The maximum atomic E-state index is 13.0. The number of benzene rings is 1. The van der Waals surface area contributed by atoms with Crippen molar-refractivity contribution in [3.63, 3.8) is 0 Å². The number of rotatable bonds is 5. The van der Waals surface area contributed by atoms with Gasteiger partial charge in [0.25, 0.3) is 5.91 Å². The number of piperidine rings is 1. The van der Waals surface area contributed by atoms with Gasteiger partial charge in [-0.1, -0.05) is 18.9 Å². The van der Waals surface area contributed by atoms with E-state index in [-0.39, 0.29) is 35.3 Å². The second-order valence-electron chi connectivity index (χ2n) is 8.31. The van der Waals surface area contributed by atoms with Crippen LogP contribution in [-0.2, 0) is 10.0 Å². The zero-order chi connectivity index (χ0) is 19.0. The first-order chi connectivity index (χ1) is 12.9. The molecule has 1 aliphatic carbocycles. The van der Waals surface area contributed by atoms with E-state index in [0.717, 1.165) is 38.5 Å². The van der Waals surface area contributed by atoms with E-state index in [1.54, 1.807) is 18.2 Å². The van der Waals surface area contributed by atoms with E-state index < -0.39 is 10.0 Å². The molecule has 6 nitrogen and oxygen atoms in total. The minimum Gasteiger partial charge on any atom is -0.339 e. The zero-order valence-electron chi connectivity index (χ0n) is 16.3. The molecule has 8 heteroatoms. The van der Waals surface area contributed by atoms with Crippen LogP contribution in [0, 0.1) is 0 Å². The van der Waals surface area contributed by atoms with Crippen LogP contribution >= 0.6 is 12.4 Å². The Bertz CT molecular complexity index is 799. The molecule has 2 unspecified atom stereocenters. The predicted octanol–water partition coefficient (Wildman–Crippen LogP) is 2.68. The third kappa shape index (κ3) is 4.53. The number of amides is 1. The Hall–Kier alpha value is -1.15. The second-order valence-corrected chi connectivity index (χ2v) is 10.0. The van der Waals surface area contributed by atoms with Crippen molar-refractivity contribution in [2.24, 2.45) is 0 Å². The lowest BCUT2D eigenvalue weighted by atomic mass is 9.98. The lowest BCUT2D eigenvalue weighted by Gasteiger charge is -2.35. The van der Waals surface area contributed by atoms with E-state index >= 15 is 0 Å². The van der Waals surface area contributed by atoms with Gasteiger partial charge in [0.05, 0.1) is 4.90 Å². The molecular formula is C20H30ClN3O3S. The molecule has 3 fully saturated rings. The lowest BCUT2D eigenvalue weighted by Crippen LogP contribution is -2.48. The van der Waals surface area contributed by atoms with Gasteiger partial charge in [0.1, 0.15) is 0 Å². The van der Waals surface area contributed by atoms with Gasteiger partial charge < -0.3 is 10.2 Å². The zero-order valence-corrected chi connectivity index (χ0v) is 17.9. The molecular weight excluding hydrogens is 398 g/mol. The van der Waals surface area contributed by atoms with E-state index in [1.165, 1.54) is 18.9 Å². The molecule has 0 radical (unpaired) electrons. The number of nitrogens with zero attached hydrogens (tertiary/aromatic N) is 1. The second kappa shape index (κ2) is 8.69. The molecule has 0 spiro atoms. The van der Waals surface area contributed by atoms with E-state index in [4.69, 9.17) is 0 Å². The molecule has 156 valence electrons. The fraction of sp³-hybridized carbons (Fsp3) is 0.650. The third-order valence-electron chi connectivity index (χ3n) is 6.38. The van der Waals surface area contributed by atoms with Crippen LogP contribution in [0.25, 0.3) is 0 Å². The van der Waals surface area contributed by atoms with Crippen LogP contribution in [0.1, 0.15) is 61.7 Å². The van der Waals surface area contributed by atoms with Crippen molar-refractivity contribution in [2.75, 3.05) is 7.05 Å². The maximum Gasteiger partial charge on any atom is 0.253 e. The predicted molar refractivity (Wildman–Crippen MR) is 111 cm³/mol. The van der Waals surface area contributed by atoms with E-state index in [1.807, 2.05) is 11.9 Å². The van der Waals surface area contributed by atoms with Gasteiger partial charge in [0.15, 0.2) is 0 Å². The Morgan fingerprint density at radius 2 is 1.75 bits per heavy atom. The average Bonchev–Trinajstić information content (AvgIpc) is 3.29. The Balaban J connectivity index is 0.00000225. The Morgan fingerprint density at radius 1 is 1.11 bits per heavy atom. The van der Waals surface area contributed by atoms with Gasteiger partial charge in [-0.3, -0.25) is 4.79 Å². The number of hydrogen-bond donors (Lipinski definition) is 2. The minimum absolute atomic E-state index is 0. The van der Waals surface area contributed by atoms with Crippen LogP contribution in [0.15, 0.2) is 29.2 Å². The average molecular weight is 428 g/mol. The van der Waals surface area contributed by atoms with Crippen LogP contribution in [-0.4, -0.2) is 50.4 Å². The van der Waals surface area contributed by atoms with E-state index in [9.17, 15) is 13.2 Å². The smallest absolute Gasteiger partial charge is 0.253 e. The highest BCUT2D eigenvalue weighted by Crippen LogP contribution is 2.30. The van der Waals surface area contributed by atoms with Crippen molar-refractivity contribution in [2.45, 2.75) is 80.4 Å². The summed E-state index contributed by atoms with van der Waals surface area (Å²) in [5.41, 5.74) is 0.442.